The lowest BCUT2D eigenvalue weighted by Gasteiger charge is -2.37. The molecule has 0 aromatic heterocycles. The van der Waals surface area contributed by atoms with Crippen molar-refractivity contribution in [1.82, 2.24) is 5.32 Å². The molecule has 19 heavy (non-hydrogen) atoms. The van der Waals surface area contributed by atoms with Gasteiger partial charge in [0.2, 0.25) is 0 Å². The van der Waals surface area contributed by atoms with Crippen LogP contribution in [0.3, 0.4) is 0 Å². The number of hydrogen-bond acceptors (Lipinski definition) is 5. The lowest BCUT2D eigenvalue weighted by atomic mass is 9.84. The quantitative estimate of drug-likeness (QED) is 0.754. The van der Waals surface area contributed by atoms with Crippen LogP contribution in [0.2, 0.25) is 0 Å². The number of carbonyl (C=O) groups is 2. The predicted octanol–water partition coefficient (Wildman–Crippen LogP) is 1.16. The van der Waals surface area contributed by atoms with Crippen molar-refractivity contribution in [2.75, 3.05) is 13.7 Å². The SMILES string of the molecule is COC(=O)C(C)(NC(=O)OC(C)(C)C)C(C)(F)CO. The molecule has 2 N–H and O–H groups in total. The van der Waals surface area contributed by atoms with Crippen LogP contribution < -0.4 is 5.32 Å². The molecule has 0 heterocycles. The lowest BCUT2D eigenvalue weighted by molar-refractivity contribution is -0.156. The van der Waals surface area contributed by atoms with E-state index in [9.17, 15) is 14.0 Å². The van der Waals surface area contributed by atoms with Crippen LogP contribution in [0.4, 0.5) is 9.18 Å². The Morgan fingerprint density at radius 1 is 1.21 bits per heavy atom. The molecule has 112 valence electrons. The molecule has 0 saturated carbocycles. The largest absolute Gasteiger partial charge is 0.467 e. The van der Waals surface area contributed by atoms with Gasteiger partial charge >= 0.3 is 12.1 Å². The fourth-order valence-corrected chi connectivity index (χ4v) is 1.26. The third-order valence-corrected chi connectivity index (χ3v) is 2.68. The molecule has 1 amide bonds. The van der Waals surface area contributed by atoms with Crippen molar-refractivity contribution in [3.8, 4) is 0 Å². The Morgan fingerprint density at radius 3 is 2.00 bits per heavy atom. The standard InChI is InChI=1S/C12H22FNO5/c1-10(2,3)19-9(17)14-12(5,8(16)18-6)11(4,13)7-15/h15H,7H2,1-6H3,(H,14,17). The molecule has 0 rings (SSSR count). The third-order valence-electron chi connectivity index (χ3n) is 2.68. The lowest BCUT2D eigenvalue weighted by Crippen LogP contribution is -2.66. The zero-order valence-electron chi connectivity index (χ0n) is 12.2. The van der Waals surface area contributed by atoms with Crippen molar-refractivity contribution in [2.45, 2.75) is 51.4 Å². The van der Waals surface area contributed by atoms with Gasteiger partial charge in [-0.05, 0) is 34.6 Å². The number of esters is 1. The minimum absolute atomic E-state index is 0.799. The van der Waals surface area contributed by atoms with Crippen LogP contribution in [0, 0.1) is 0 Å². The summed E-state index contributed by atoms with van der Waals surface area (Å²) >= 11 is 0. The van der Waals surface area contributed by atoms with Crippen LogP contribution in [-0.4, -0.2) is 47.7 Å². The molecular weight excluding hydrogens is 257 g/mol. The number of rotatable bonds is 4. The molecule has 2 unspecified atom stereocenters. The van der Waals surface area contributed by atoms with Crippen LogP contribution in [0.5, 0.6) is 0 Å². The number of alkyl carbamates (subject to hydrolysis) is 1. The Morgan fingerprint density at radius 2 is 1.68 bits per heavy atom. The van der Waals surface area contributed by atoms with Crippen LogP contribution >= 0.6 is 0 Å². The molecule has 0 aromatic carbocycles. The fourth-order valence-electron chi connectivity index (χ4n) is 1.26. The average molecular weight is 279 g/mol. The fraction of sp³-hybridized carbons (Fsp3) is 0.833. The van der Waals surface area contributed by atoms with Crippen molar-refractivity contribution >= 4 is 12.1 Å². The molecule has 0 radical (unpaired) electrons. The van der Waals surface area contributed by atoms with Crippen molar-refractivity contribution < 1.29 is 28.6 Å². The highest BCUT2D eigenvalue weighted by Gasteiger charge is 2.53. The number of ether oxygens (including phenoxy) is 2. The molecular formula is C12H22FNO5. The number of nitrogens with one attached hydrogen (secondary N) is 1. The summed E-state index contributed by atoms with van der Waals surface area (Å²) in [6.07, 6.45) is -0.974. The second-order valence-electron chi connectivity index (χ2n) is 5.60. The molecule has 0 aromatic rings. The predicted molar refractivity (Wildman–Crippen MR) is 66.4 cm³/mol. The summed E-state index contributed by atoms with van der Waals surface area (Å²) in [5, 5.41) is 11.2. The summed E-state index contributed by atoms with van der Waals surface area (Å²) < 4.78 is 23.7. The highest BCUT2D eigenvalue weighted by Crippen LogP contribution is 2.28. The summed E-state index contributed by atoms with van der Waals surface area (Å²) in [4.78, 5) is 23.4. The van der Waals surface area contributed by atoms with Crippen LogP contribution in [0.15, 0.2) is 0 Å². The van der Waals surface area contributed by atoms with E-state index in [1.807, 2.05) is 0 Å². The number of alkyl halides is 1. The van der Waals surface area contributed by atoms with Crippen molar-refractivity contribution in [3.05, 3.63) is 0 Å². The Labute approximate surface area is 112 Å². The summed E-state index contributed by atoms with van der Waals surface area (Å²) in [6.45, 7) is 6.03. The maximum absolute atomic E-state index is 14.3. The monoisotopic (exact) mass is 279 g/mol. The normalized spacial score (nSPS) is 17.9. The number of methoxy groups -OCH3 is 1. The number of aliphatic hydroxyl groups is 1. The minimum atomic E-state index is -2.41. The van der Waals surface area contributed by atoms with Gasteiger partial charge in [0.25, 0.3) is 0 Å². The Balaban J connectivity index is 5.21. The zero-order valence-corrected chi connectivity index (χ0v) is 12.2. The van der Waals surface area contributed by atoms with E-state index in [1.165, 1.54) is 0 Å². The molecule has 0 spiro atoms. The molecule has 7 heteroatoms. The van der Waals surface area contributed by atoms with Crippen molar-refractivity contribution in [3.63, 3.8) is 0 Å². The Hall–Kier alpha value is -1.37. The summed E-state index contributed by atoms with van der Waals surface area (Å²) in [7, 11) is 1.06. The first-order valence-electron chi connectivity index (χ1n) is 5.79. The second-order valence-corrected chi connectivity index (χ2v) is 5.60. The van der Waals surface area contributed by atoms with E-state index in [4.69, 9.17) is 9.84 Å². The number of halogens is 1. The number of carbonyl (C=O) groups excluding carboxylic acids is 2. The molecule has 0 aliphatic rings. The summed E-state index contributed by atoms with van der Waals surface area (Å²) in [5.41, 5.74) is -5.26. The molecule has 0 aliphatic carbocycles. The van der Waals surface area contributed by atoms with E-state index < -0.39 is 35.5 Å². The van der Waals surface area contributed by atoms with E-state index in [2.05, 4.69) is 10.1 Å². The molecule has 0 saturated heterocycles. The van der Waals surface area contributed by atoms with Gasteiger partial charge in [0, 0.05) is 0 Å². The van der Waals surface area contributed by atoms with E-state index in [-0.39, 0.29) is 0 Å². The first-order valence-corrected chi connectivity index (χ1v) is 5.79. The van der Waals surface area contributed by atoms with Gasteiger partial charge in [0.1, 0.15) is 5.60 Å². The summed E-state index contributed by atoms with van der Waals surface area (Å²) in [5.74, 6) is -1.02. The first-order chi connectivity index (χ1) is 8.39. The molecule has 0 aliphatic heterocycles. The smallest absolute Gasteiger partial charge is 0.408 e. The summed E-state index contributed by atoms with van der Waals surface area (Å²) in [6, 6.07) is 0. The van der Waals surface area contributed by atoms with Gasteiger partial charge in [0.05, 0.1) is 13.7 Å². The second kappa shape index (κ2) is 5.73. The highest BCUT2D eigenvalue weighted by molar-refractivity contribution is 5.87. The van der Waals surface area contributed by atoms with Gasteiger partial charge in [0.15, 0.2) is 11.2 Å². The van der Waals surface area contributed by atoms with Crippen molar-refractivity contribution in [2.24, 2.45) is 0 Å². The van der Waals surface area contributed by atoms with Crippen LogP contribution in [0.25, 0.3) is 0 Å². The van der Waals surface area contributed by atoms with Gasteiger partial charge in [-0.3, -0.25) is 0 Å². The van der Waals surface area contributed by atoms with Gasteiger partial charge < -0.3 is 19.9 Å². The maximum atomic E-state index is 14.3. The topological polar surface area (TPSA) is 84.9 Å². The number of hydrogen-bond donors (Lipinski definition) is 2. The first kappa shape index (κ1) is 17.6. The van der Waals surface area contributed by atoms with E-state index >= 15 is 0 Å². The Bertz CT molecular complexity index is 351. The van der Waals surface area contributed by atoms with E-state index in [0.29, 0.717) is 0 Å². The zero-order chi connectivity index (χ0) is 15.5. The van der Waals surface area contributed by atoms with Gasteiger partial charge in [-0.2, -0.15) is 0 Å². The van der Waals surface area contributed by atoms with Crippen LogP contribution in [0.1, 0.15) is 34.6 Å². The molecule has 0 bridgehead atoms. The number of aliphatic hydroxyl groups excluding tert-OH is 1. The molecule has 6 nitrogen and oxygen atoms in total. The Kier molecular flexibility index (Phi) is 5.32. The van der Waals surface area contributed by atoms with E-state index in [1.54, 1.807) is 20.8 Å². The minimum Gasteiger partial charge on any atom is -0.467 e. The van der Waals surface area contributed by atoms with Gasteiger partial charge in [-0.1, -0.05) is 0 Å². The van der Waals surface area contributed by atoms with Crippen LogP contribution in [-0.2, 0) is 14.3 Å². The molecule has 0 fully saturated rings. The number of amides is 1. The average Bonchev–Trinajstić information content (AvgIpc) is 2.24. The molecule has 2 atom stereocenters. The van der Waals surface area contributed by atoms with E-state index in [0.717, 1.165) is 21.0 Å². The highest BCUT2D eigenvalue weighted by atomic mass is 19.1. The van der Waals surface area contributed by atoms with Crippen molar-refractivity contribution in [1.29, 1.82) is 0 Å². The maximum Gasteiger partial charge on any atom is 0.408 e. The van der Waals surface area contributed by atoms with Gasteiger partial charge in [-0.15, -0.1) is 0 Å². The van der Waals surface area contributed by atoms with Gasteiger partial charge in [-0.25, -0.2) is 14.0 Å². The third kappa shape index (κ3) is 4.34.